The van der Waals surface area contributed by atoms with Crippen LogP contribution in [-0.4, -0.2) is 9.78 Å². The lowest BCUT2D eigenvalue weighted by molar-refractivity contribution is 0.295. The molecular formula is C15H20ClN3O. The minimum atomic E-state index is 0.0303. The minimum Gasteiger partial charge on any atom is -0.487 e. The molecule has 0 radical (unpaired) electrons. The summed E-state index contributed by atoms with van der Waals surface area (Å²) in [5.74, 6) is 0.796. The predicted molar refractivity (Wildman–Crippen MR) is 81.0 cm³/mol. The van der Waals surface area contributed by atoms with Crippen LogP contribution in [0.25, 0.3) is 0 Å². The molecule has 2 aromatic rings. The molecule has 1 unspecified atom stereocenters. The number of hydrogen-bond acceptors (Lipinski definition) is 3. The average molecular weight is 294 g/mol. The zero-order valence-corrected chi connectivity index (χ0v) is 12.8. The summed E-state index contributed by atoms with van der Waals surface area (Å²) in [6.45, 7) is 4.39. The molecule has 0 fully saturated rings. The van der Waals surface area contributed by atoms with Crippen LogP contribution in [0.3, 0.4) is 0 Å². The number of aryl methyl sites for hydroxylation is 2. The molecule has 1 aromatic heterocycles. The molecule has 0 spiro atoms. The van der Waals surface area contributed by atoms with Gasteiger partial charge in [-0.05, 0) is 31.0 Å². The fraction of sp³-hybridized carbons (Fsp3) is 0.400. The van der Waals surface area contributed by atoms with Crippen LogP contribution in [0.4, 0.5) is 0 Å². The number of ether oxygens (including phenoxy) is 1. The third kappa shape index (κ3) is 3.14. The first kappa shape index (κ1) is 14.9. The van der Waals surface area contributed by atoms with E-state index in [4.69, 9.17) is 22.1 Å². The monoisotopic (exact) mass is 293 g/mol. The van der Waals surface area contributed by atoms with Crippen LogP contribution < -0.4 is 10.5 Å². The summed E-state index contributed by atoms with van der Waals surface area (Å²) in [6, 6.07) is 7.82. The van der Waals surface area contributed by atoms with Gasteiger partial charge in [0.05, 0.1) is 16.4 Å². The minimum absolute atomic E-state index is 0.0303. The van der Waals surface area contributed by atoms with E-state index in [-0.39, 0.29) is 6.04 Å². The van der Waals surface area contributed by atoms with Gasteiger partial charge in [-0.15, -0.1) is 0 Å². The Labute approximate surface area is 124 Å². The zero-order valence-electron chi connectivity index (χ0n) is 12.1. The van der Waals surface area contributed by atoms with Gasteiger partial charge >= 0.3 is 0 Å². The Morgan fingerprint density at radius 1 is 1.35 bits per heavy atom. The molecule has 0 saturated heterocycles. The molecule has 0 aliphatic carbocycles. The van der Waals surface area contributed by atoms with Crippen molar-refractivity contribution in [1.82, 2.24) is 9.78 Å². The summed E-state index contributed by atoms with van der Waals surface area (Å²) >= 11 is 6.28. The summed E-state index contributed by atoms with van der Waals surface area (Å²) in [6.07, 6.45) is 0.815. The van der Waals surface area contributed by atoms with Crippen molar-refractivity contribution in [2.24, 2.45) is 12.8 Å². The fourth-order valence-corrected chi connectivity index (χ4v) is 2.34. The van der Waals surface area contributed by atoms with Crippen molar-refractivity contribution in [2.45, 2.75) is 32.9 Å². The lowest BCUT2D eigenvalue weighted by atomic mass is 10.1. The third-order valence-corrected chi connectivity index (χ3v) is 3.72. The molecule has 0 amide bonds. The maximum Gasteiger partial charge on any atom is 0.131 e. The predicted octanol–water partition coefficient (Wildman–Crippen LogP) is 3.23. The quantitative estimate of drug-likeness (QED) is 0.921. The number of nitrogens with zero attached hydrogens (tertiary/aromatic N) is 2. The highest BCUT2D eigenvalue weighted by molar-refractivity contribution is 6.31. The van der Waals surface area contributed by atoms with Crippen LogP contribution in [-0.2, 0) is 20.1 Å². The van der Waals surface area contributed by atoms with E-state index in [0.717, 1.165) is 29.1 Å². The molecule has 20 heavy (non-hydrogen) atoms. The molecule has 2 N–H and O–H groups in total. The Kier molecular flexibility index (Phi) is 4.68. The Morgan fingerprint density at radius 2 is 2.00 bits per heavy atom. The average Bonchev–Trinajstić information content (AvgIpc) is 2.71. The second-order valence-corrected chi connectivity index (χ2v) is 5.21. The van der Waals surface area contributed by atoms with Crippen molar-refractivity contribution in [3.63, 3.8) is 0 Å². The topological polar surface area (TPSA) is 53.1 Å². The molecule has 4 nitrogen and oxygen atoms in total. The van der Waals surface area contributed by atoms with E-state index in [9.17, 15) is 0 Å². The first-order chi connectivity index (χ1) is 9.52. The number of rotatable bonds is 5. The summed E-state index contributed by atoms with van der Waals surface area (Å²) in [5, 5.41) is 5.06. The van der Waals surface area contributed by atoms with Gasteiger partial charge in [-0.1, -0.05) is 30.7 Å². The Balaban J connectivity index is 2.07. The van der Waals surface area contributed by atoms with Gasteiger partial charge in [-0.3, -0.25) is 4.68 Å². The number of hydrogen-bond donors (Lipinski definition) is 1. The normalized spacial score (nSPS) is 12.4. The van der Waals surface area contributed by atoms with Crippen molar-refractivity contribution >= 4 is 11.6 Å². The lowest BCUT2D eigenvalue weighted by Crippen LogP contribution is -2.05. The van der Waals surface area contributed by atoms with Crippen LogP contribution in [0.5, 0.6) is 5.75 Å². The van der Waals surface area contributed by atoms with E-state index in [0.29, 0.717) is 11.6 Å². The molecule has 2 rings (SSSR count). The molecule has 0 bridgehead atoms. The van der Waals surface area contributed by atoms with Crippen molar-refractivity contribution in [3.05, 3.63) is 46.2 Å². The van der Waals surface area contributed by atoms with Gasteiger partial charge in [-0.25, -0.2) is 0 Å². The largest absolute Gasteiger partial charge is 0.487 e. The van der Waals surface area contributed by atoms with Crippen LogP contribution in [0.2, 0.25) is 5.02 Å². The van der Waals surface area contributed by atoms with E-state index in [1.807, 2.05) is 45.2 Å². The van der Waals surface area contributed by atoms with E-state index < -0.39 is 0 Å². The summed E-state index contributed by atoms with van der Waals surface area (Å²) in [5.41, 5.74) is 8.70. The van der Waals surface area contributed by atoms with Gasteiger partial charge < -0.3 is 10.5 Å². The Hall–Kier alpha value is -1.52. The van der Waals surface area contributed by atoms with Crippen LogP contribution >= 0.6 is 11.6 Å². The molecule has 0 aliphatic rings. The van der Waals surface area contributed by atoms with Gasteiger partial charge in [0.2, 0.25) is 0 Å². The Bertz CT molecular complexity index is 576. The lowest BCUT2D eigenvalue weighted by Gasteiger charge is -2.09. The molecule has 1 aromatic carbocycles. The maximum atomic E-state index is 6.28. The number of halogens is 1. The van der Waals surface area contributed by atoms with Gasteiger partial charge in [0.15, 0.2) is 0 Å². The zero-order chi connectivity index (χ0) is 14.7. The Morgan fingerprint density at radius 3 is 2.50 bits per heavy atom. The van der Waals surface area contributed by atoms with Gasteiger partial charge in [0.1, 0.15) is 12.4 Å². The second-order valence-electron chi connectivity index (χ2n) is 4.83. The van der Waals surface area contributed by atoms with Crippen molar-refractivity contribution in [3.8, 4) is 5.75 Å². The van der Waals surface area contributed by atoms with E-state index >= 15 is 0 Å². The van der Waals surface area contributed by atoms with Crippen LogP contribution in [0, 0.1) is 0 Å². The summed E-state index contributed by atoms with van der Waals surface area (Å²) in [4.78, 5) is 0. The molecule has 1 heterocycles. The highest BCUT2D eigenvalue weighted by Gasteiger charge is 2.13. The summed E-state index contributed by atoms with van der Waals surface area (Å²) < 4.78 is 7.54. The maximum absolute atomic E-state index is 6.28. The molecule has 0 saturated carbocycles. The van der Waals surface area contributed by atoms with Crippen molar-refractivity contribution in [1.29, 1.82) is 0 Å². The second kappa shape index (κ2) is 6.29. The molecule has 5 heteroatoms. The molecular weight excluding hydrogens is 274 g/mol. The van der Waals surface area contributed by atoms with E-state index in [1.165, 1.54) is 0 Å². The molecule has 1 atom stereocenters. The summed E-state index contributed by atoms with van der Waals surface area (Å²) in [7, 11) is 1.88. The van der Waals surface area contributed by atoms with Crippen LogP contribution in [0.15, 0.2) is 24.3 Å². The first-order valence-corrected chi connectivity index (χ1v) is 7.09. The standard InChI is InChI=1S/C15H20ClN3O/c1-4-13-15(16)14(19(3)18-13)9-20-12-7-5-11(6-8-12)10(2)17/h5-8,10H,4,9,17H2,1-3H3. The van der Waals surface area contributed by atoms with E-state index in [1.54, 1.807) is 4.68 Å². The highest BCUT2D eigenvalue weighted by Crippen LogP contribution is 2.23. The molecule has 0 aliphatic heterocycles. The number of nitrogens with two attached hydrogens (primary N) is 1. The van der Waals surface area contributed by atoms with Crippen LogP contribution in [0.1, 0.15) is 36.8 Å². The van der Waals surface area contributed by atoms with Gasteiger partial charge in [0.25, 0.3) is 0 Å². The number of benzene rings is 1. The van der Waals surface area contributed by atoms with Gasteiger partial charge in [0, 0.05) is 13.1 Å². The van der Waals surface area contributed by atoms with Crippen molar-refractivity contribution < 1.29 is 4.74 Å². The third-order valence-electron chi connectivity index (χ3n) is 3.28. The first-order valence-electron chi connectivity index (χ1n) is 6.71. The van der Waals surface area contributed by atoms with E-state index in [2.05, 4.69) is 5.10 Å². The van der Waals surface area contributed by atoms with Gasteiger partial charge in [-0.2, -0.15) is 5.10 Å². The number of aromatic nitrogens is 2. The SMILES string of the molecule is CCc1nn(C)c(COc2ccc(C(C)N)cc2)c1Cl. The molecule has 108 valence electrons. The fourth-order valence-electron chi connectivity index (χ4n) is 2.00. The smallest absolute Gasteiger partial charge is 0.131 e. The van der Waals surface area contributed by atoms with Crippen molar-refractivity contribution in [2.75, 3.05) is 0 Å². The highest BCUT2D eigenvalue weighted by atomic mass is 35.5.